The van der Waals surface area contributed by atoms with E-state index in [9.17, 15) is 13.2 Å². The molecular formula is C9H16F3N3. The van der Waals surface area contributed by atoms with E-state index in [2.05, 4.69) is 5.32 Å². The Balaban J connectivity index is 3.98. The molecule has 0 radical (unpaired) electrons. The lowest BCUT2D eigenvalue weighted by Gasteiger charge is -2.20. The molecule has 0 aliphatic carbocycles. The fourth-order valence-corrected chi connectivity index (χ4v) is 1.17. The molecule has 0 heterocycles. The Morgan fingerprint density at radius 1 is 1.40 bits per heavy atom. The number of halogens is 3. The molecule has 0 aromatic carbocycles. The van der Waals surface area contributed by atoms with Crippen LogP contribution in [0.5, 0.6) is 0 Å². The highest BCUT2D eigenvalue weighted by atomic mass is 19.4. The summed E-state index contributed by atoms with van der Waals surface area (Å²) in [6.45, 7) is 2.07. The number of likely N-dealkylation sites (N-methyl/N-ethyl adjacent to an activating group) is 1. The van der Waals surface area contributed by atoms with Crippen LogP contribution in [0.4, 0.5) is 13.2 Å². The molecule has 0 aliphatic rings. The molecular weight excluding hydrogens is 207 g/mol. The first-order chi connectivity index (χ1) is 6.77. The van der Waals surface area contributed by atoms with Crippen LogP contribution in [0.15, 0.2) is 0 Å². The van der Waals surface area contributed by atoms with E-state index in [1.807, 2.05) is 19.0 Å². The first kappa shape index (κ1) is 14.2. The summed E-state index contributed by atoms with van der Waals surface area (Å²) >= 11 is 0. The third-order valence-electron chi connectivity index (χ3n) is 1.86. The molecule has 0 bridgehead atoms. The lowest BCUT2D eigenvalue weighted by atomic mass is 10.1. The summed E-state index contributed by atoms with van der Waals surface area (Å²) < 4.78 is 36.5. The molecule has 0 amide bonds. The van der Waals surface area contributed by atoms with Crippen LogP contribution in [0, 0.1) is 17.2 Å². The van der Waals surface area contributed by atoms with E-state index < -0.39 is 12.1 Å². The van der Waals surface area contributed by atoms with Gasteiger partial charge in [0.2, 0.25) is 0 Å². The van der Waals surface area contributed by atoms with Gasteiger partial charge in [-0.15, -0.1) is 0 Å². The van der Waals surface area contributed by atoms with Crippen LogP contribution in [0.2, 0.25) is 0 Å². The second-order valence-corrected chi connectivity index (χ2v) is 3.79. The Morgan fingerprint density at radius 3 is 2.27 bits per heavy atom. The van der Waals surface area contributed by atoms with E-state index in [1.165, 1.54) is 6.07 Å². The lowest BCUT2D eigenvalue weighted by Crippen LogP contribution is -2.41. The molecule has 2 atom stereocenters. The average Bonchev–Trinajstić information content (AvgIpc) is 2.01. The topological polar surface area (TPSA) is 39.1 Å². The van der Waals surface area contributed by atoms with Gasteiger partial charge in [0, 0.05) is 19.1 Å². The van der Waals surface area contributed by atoms with Crippen molar-refractivity contribution in [3.8, 4) is 6.07 Å². The summed E-state index contributed by atoms with van der Waals surface area (Å²) in [6, 6.07) is 1.18. The van der Waals surface area contributed by atoms with Crippen molar-refractivity contribution < 1.29 is 13.2 Å². The van der Waals surface area contributed by atoms with Gasteiger partial charge in [-0.3, -0.25) is 0 Å². The van der Waals surface area contributed by atoms with E-state index in [0.717, 1.165) is 0 Å². The molecule has 0 aliphatic heterocycles. The third kappa shape index (κ3) is 6.31. The first-order valence-corrected chi connectivity index (χ1v) is 4.61. The largest absolute Gasteiger partial charge is 0.405 e. The van der Waals surface area contributed by atoms with Gasteiger partial charge < -0.3 is 10.2 Å². The number of hydrogen-bond donors (Lipinski definition) is 1. The van der Waals surface area contributed by atoms with Crippen molar-refractivity contribution in [3.05, 3.63) is 0 Å². The summed E-state index contributed by atoms with van der Waals surface area (Å²) in [5.74, 6) is -1.93. The number of nitrogens with one attached hydrogen (secondary N) is 1. The van der Waals surface area contributed by atoms with Gasteiger partial charge >= 0.3 is 6.18 Å². The molecule has 1 N–H and O–H groups in total. The van der Waals surface area contributed by atoms with Crippen molar-refractivity contribution in [1.82, 2.24) is 10.2 Å². The van der Waals surface area contributed by atoms with Gasteiger partial charge in [0.25, 0.3) is 0 Å². The quantitative estimate of drug-likeness (QED) is 0.762. The van der Waals surface area contributed by atoms with Gasteiger partial charge in [-0.05, 0) is 21.0 Å². The molecule has 88 valence electrons. The predicted molar refractivity (Wildman–Crippen MR) is 51.2 cm³/mol. The highest BCUT2D eigenvalue weighted by molar-refractivity contribution is 4.90. The summed E-state index contributed by atoms with van der Waals surface area (Å²) in [4.78, 5) is 1.87. The third-order valence-corrected chi connectivity index (χ3v) is 1.86. The van der Waals surface area contributed by atoms with Crippen LogP contribution in [0.3, 0.4) is 0 Å². The highest BCUT2D eigenvalue weighted by Gasteiger charge is 2.39. The van der Waals surface area contributed by atoms with Gasteiger partial charge in [0.05, 0.1) is 6.07 Å². The first-order valence-electron chi connectivity index (χ1n) is 4.61. The minimum absolute atomic E-state index is 0.0711. The van der Waals surface area contributed by atoms with Crippen LogP contribution in [-0.4, -0.2) is 44.3 Å². The maximum absolute atomic E-state index is 12.2. The fraction of sp³-hybridized carbons (Fsp3) is 0.889. The van der Waals surface area contributed by atoms with Crippen molar-refractivity contribution in [2.75, 3.05) is 27.2 Å². The Kier molecular flexibility index (Phi) is 5.61. The van der Waals surface area contributed by atoms with Crippen molar-refractivity contribution in [1.29, 1.82) is 5.26 Å². The van der Waals surface area contributed by atoms with Gasteiger partial charge in [0.15, 0.2) is 5.92 Å². The van der Waals surface area contributed by atoms with Gasteiger partial charge in [-0.2, -0.15) is 18.4 Å². The highest BCUT2D eigenvalue weighted by Crippen LogP contribution is 2.24. The summed E-state index contributed by atoms with van der Waals surface area (Å²) in [5, 5.41) is 11.0. The minimum atomic E-state index is -4.44. The molecule has 15 heavy (non-hydrogen) atoms. The normalized spacial score (nSPS) is 16.1. The molecule has 0 fully saturated rings. The van der Waals surface area contributed by atoms with Crippen molar-refractivity contribution in [2.45, 2.75) is 19.1 Å². The van der Waals surface area contributed by atoms with Crippen molar-refractivity contribution >= 4 is 0 Å². The van der Waals surface area contributed by atoms with E-state index in [4.69, 9.17) is 5.26 Å². The van der Waals surface area contributed by atoms with Crippen molar-refractivity contribution in [3.63, 3.8) is 0 Å². The summed E-state index contributed by atoms with van der Waals surface area (Å²) in [7, 11) is 3.67. The van der Waals surface area contributed by atoms with Crippen LogP contribution < -0.4 is 5.32 Å². The predicted octanol–water partition coefficient (Wildman–Crippen LogP) is 1.23. The number of nitrogens with zero attached hydrogens (tertiary/aromatic N) is 2. The van der Waals surface area contributed by atoms with E-state index >= 15 is 0 Å². The second kappa shape index (κ2) is 5.93. The number of nitriles is 1. The van der Waals surface area contributed by atoms with Crippen LogP contribution in [0.25, 0.3) is 0 Å². The van der Waals surface area contributed by atoms with Crippen molar-refractivity contribution in [2.24, 2.45) is 5.92 Å². The monoisotopic (exact) mass is 223 g/mol. The molecule has 0 saturated carbocycles. The fourth-order valence-electron chi connectivity index (χ4n) is 1.17. The average molecular weight is 223 g/mol. The Bertz CT molecular complexity index is 220. The van der Waals surface area contributed by atoms with E-state index in [0.29, 0.717) is 6.54 Å². The zero-order chi connectivity index (χ0) is 12.1. The molecule has 3 nitrogen and oxygen atoms in total. The Labute approximate surface area is 87.9 Å². The van der Waals surface area contributed by atoms with Crippen LogP contribution >= 0.6 is 0 Å². The molecule has 0 aromatic rings. The van der Waals surface area contributed by atoms with Gasteiger partial charge in [0.1, 0.15) is 0 Å². The Morgan fingerprint density at radius 2 is 1.93 bits per heavy atom. The number of rotatable bonds is 5. The summed E-state index contributed by atoms with van der Waals surface area (Å²) in [5.41, 5.74) is 0. The van der Waals surface area contributed by atoms with Gasteiger partial charge in [-0.1, -0.05) is 0 Å². The molecule has 0 aromatic heterocycles. The maximum Gasteiger partial charge on any atom is 0.405 e. The van der Waals surface area contributed by atoms with E-state index in [1.54, 1.807) is 6.92 Å². The van der Waals surface area contributed by atoms with Gasteiger partial charge in [-0.25, -0.2) is 0 Å². The lowest BCUT2D eigenvalue weighted by molar-refractivity contribution is -0.157. The molecule has 0 spiro atoms. The second-order valence-electron chi connectivity index (χ2n) is 3.79. The molecule has 0 saturated heterocycles. The van der Waals surface area contributed by atoms with E-state index in [-0.39, 0.29) is 12.6 Å². The SMILES string of the molecule is CC(CN(C)C)NCC(C#N)C(F)(F)F. The minimum Gasteiger partial charge on any atom is -0.311 e. The zero-order valence-electron chi connectivity index (χ0n) is 9.10. The standard InChI is InChI=1S/C9H16F3N3/c1-7(6-15(2)3)14-5-8(4-13)9(10,11)12/h7-8,14H,5-6H2,1-3H3. The zero-order valence-corrected chi connectivity index (χ0v) is 9.10. The number of hydrogen-bond acceptors (Lipinski definition) is 3. The maximum atomic E-state index is 12.2. The Hall–Kier alpha value is -0.800. The molecule has 2 unspecified atom stereocenters. The summed E-state index contributed by atoms with van der Waals surface area (Å²) in [6.07, 6.45) is -4.44. The molecule has 6 heteroatoms. The smallest absolute Gasteiger partial charge is 0.311 e. The number of alkyl halides is 3. The van der Waals surface area contributed by atoms with Crippen LogP contribution in [-0.2, 0) is 0 Å². The molecule has 0 rings (SSSR count). The van der Waals surface area contributed by atoms with Crippen LogP contribution in [0.1, 0.15) is 6.92 Å².